The molecule has 0 aliphatic carbocycles. The number of hydrogen-bond donors (Lipinski definition) is 2. The normalized spacial score (nSPS) is 21.4. The molecule has 6 nitrogen and oxygen atoms in total. The van der Waals surface area contributed by atoms with Crippen molar-refractivity contribution in [1.29, 1.82) is 0 Å². The van der Waals surface area contributed by atoms with Gasteiger partial charge in [0.15, 0.2) is 11.3 Å². The van der Waals surface area contributed by atoms with Crippen molar-refractivity contribution in [1.82, 2.24) is 5.32 Å². The molecule has 1 aromatic rings. The van der Waals surface area contributed by atoms with Crippen molar-refractivity contribution in [2.45, 2.75) is 26.4 Å². The predicted octanol–water partition coefficient (Wildman–Crippen LogP) is 1.54. The molecule has 0 amide bonds. The van der Waals surface area contributed by atoms with Gasteiger partial charge in [-0.05, 0) is 31.3 Å². The Bertz CT molecular complexity index is 506. The van der Waals surface area contributed by atoms with Gasteiger partial charge in [-0.15, -0.1) is 0 Å². The third-order valence-corrected chi connectivity index (χ3v) is 2.99. The number of thiocarbonyl (C=S) groups is 1. The summed E-state index contributed by atoms with van der Waals surface area (Å²) in [7, 11) is 0. The van der Waals surface area contributed by atoms with Crippen LogP contribution in [0.5, 0.6) is 0 Å². The maximum atomic E-state index is 11.0. The SMILES string of the molecule is CC(=O)O[C@H]1OCCO[C@@H]1NC(=S)Nc1ccc(C)cc1. The molecule has 21 heavy (non-hydrogen) atoms. The Kier molecular flexibility index (Phi) is 5.49. The number of aryl methyl sites for hydroxylation is 1. The van der Waals surface area contributed by atoms with Gasteiger partial charge >= 0.3 is 5.97 Å². The van der Waals surface area contributed by atoms with Crippen LogP contribution in [0.25, 0.3) is 0 Å². The average molecular weight is 310 g/mol. The van der Waals surface area contributed by atoms with E-state index >= 15 is 0 Å². The first kappa shape index (κ1) is 15.7. The van der Waals surface area contributed by atoms with E-state index in [0.29, 0.717) is 18.3 Å². The number of hydrogen-bond acceptors (Lipinski definition) is 5. The van der Waals surface area contributed by atoms with Crippen LogP contribution in [0.3, 0.4) is 0 Å². The lowest BCUT2D eigenvalue weighted by molar-refractivity contribution is -0.244. The van der Waals surface area contributed by atoms with Gasteiger partial charge < -0.3 is 24.8 Å². The molecule has 2 atom stereocenters. The van der Waals surface area contributed by atoms with Gasteiger partial charge in [0.2, 0.25) is 6.29 Å². The van der Waals surface area contributed by atoms with Gasteiger partial charge in [0.25, 0.3) is 0 Å². The van der Waals surface area contributed by atoms with Crippen LogP contribution in [0.15, 0.2) is 24.3 Å². The predicted molar refractivity (Wildman–Crippen MR) is 81.8 cm³/mol. The van der Waals surface area contributed by atoms with Crippen LogP contribution in [-0.4, -0.2) is 36.8 Å². The fourth-order valence-corrected chi connectivity index (χ4v) is 2.04. The van der Waals surface area contributed by atoms with E-state index < -0.39 is 18.5 Å². The second kappa shape index (κ2) is 7.35. The van der Waals surface area contributed by atoms with E-state index in [2.05, 4.69) is 10.6 Å². The third-order valence-electron chi connectivity index (χ3n) is 2.77. The van der Waals surface area contributed by atoms with E-state index in [-0.39, 0.29) is 0 Å². The lowest BCUT2D eigenvalue weighted by Crippen LogP contribution is -2.52. The fourth-order valence-electron chi connectivity index (χ4n) is 1.81. The highest BCUT2D eigenvalue weighted by molar-refractivity contribution is 7.80. The number of ether oxygens (including phenoxy) is 3. The topological polar surface area (TPSA) is 68.8 Å². The maximum Gasteiger partial charge on any atom is 0.305 e. The smallest absolute Gasteiger partial charge is 0.305 e. The Morgan fingerprint density at radius 1 is 1.29 bits per heavy atom. The summed E-state index contributed by atoms with van der Waals surface area (Å²) in [5.74, 6) is -0.435. The molecule has 0 spiro atoms. The van der Waals surface area contributed by atoms with Crippen molar-refractivity contribution in [2.75, 3.05) is 18.5 Å². The summed E-state index contributed by atoms with van der Waals surface area (Å²) in [5, 5.41) is 6.34. The second-order valence-electron chi connectivity index (χ2n) is 4.60. The molecule has 0 bridgehead atoms. The van der Waals surface area contributed by atoms with Gasteiger partial charge in [-0.2, -0.15) is 0 Å². The summed E-state index contributed by atoms with van der Waals surface area (Å²) in [6.45, 7) is 4.10. The quantitative estimate of drug-likeness (QED) is 0.648. The number of rotatable bonds is 3. The highest BCUT2D eigenvalue weighted by atomic mass is 32.1. The first-order chi connectivity index (χ1) is 10.0. The first-order valence-corrected chi connectivity index (χ1v) is 7.00. The zero-order valence-corrected chi connectivity index (χ0v) is 12.7. The maximum absolute atomic E-state index is 11.0. The molecule has 1 aromatic carbocycles. The van der Waals surface area contributed by atoms with Crippen LogP contribution in [0.2, 0.25) is 0 Å². The summed E-state index contributed by atoms with van der Waals surface area (Å²) < 4.78 is 15.9. The number of esters is 1. The first-order valence-electron chi connectivity index (χ1n) is 6.59. The molecule has 1 heterocycles. The number of anilines is 1. The van der Waals surface area contributed by atoms with E-state index in [9.17, 15) is 4.79 Å². The summed E-state index contributed by atoms with van der Waals surface area (Å²) in [4.78, 5) is 11.0. The zero-order valence-electron chi connectivity index (χ0n) is 11.9. The van der Waals surface area contributed by atoms with Crippen LogP contribution in [0.4, 0.5) is 5.69 Å². The van der Waals surface area contributed by atoms with E-state index in [1.807, 2.05) is 31.2 Å². The molecule has 114 valence electrons. The molecular formula is C14H18N2O4S. The van der Waals surface area contributed by atoms with Gasteiger partial charge in [0, 0.05) is 12.6 Å². The van der Waals surface area contributed by atoms with Gasteiger partial charge in [-0.3, -0.25) is 4.79 Å². The lowest BCUT2D eigenvalue weighted by Gasteiger charge is -2.32. The standard InChI is InChI=1S/C14H18N2O4S/c1-9-3-5-11(6-4-9)15-14(21)16-12-13(20-10(2)17)19-8-7-18-12/h3-6,12-13H,7-8H2,1-2H3,(H2,15,16,21)/t12-,13+/m0/s1. The fraction of sp³-hybridized carbons (Fsp3) is 0.429. The lowest BCUT2D eigenvalue weighted by atomic mass is 10.2. The van der Waals surface area contributed by atoms with Gasteiger partial charge in [-0.25, -0.2) is 0 Å². The Hall–Kier alpha value is -1.70. The summed E-state index contributed by atoms with van der Waals surface area (Å²) in [5.41, 5.74) is 2.03. The van der Waals surface area contributed by atoms with Crippen molar-refractivity contribution in [3.63, 3.8) is 0 Å². The molecule has 0 saturated carbocycles. The minimum absolute atomic E-state index is 0.367. The molecular weight excluding hydrogens is 292 g/mol. The molecule has 0 radical (unpaired) electrons. The van der Waals surface area contributed by atoms with E-state index in [1.165, 1.54) is 12.5 Å². The number of carbonyl (C=O) groups is 1. The molecule has 2 N–H and O–H groups in total. The summed E-state index contributed by atoms with van der Waals surface area (Å²) >= 11 is 5.22. The zero-order chi connectivity index (χ0) is 15.2. The molecule has 2 rings (SSSR count). The molecule has 0 aromatic heterocycles. The molecule has 1 aliphatic heterocycles. The molecule has 1 fully saturated rings. The van der Waals surface area contributed by atoms with Crippen molar-refractivity contribution in [2.24, 2.45) is 0 Å². The van der Waals surface area contributed by atoms with Crippen LogP contribution in [0.1, 0.15) is 12.5 Å². The highest BCUT2D eigenvalue weighted by Gasteiger charge is 2.30. The van der Waals surface area contributed by atoms with Crippen molar-refractivity contribution >= 4 is 29.0 Å². The number of carbonyl (C=O) groups excluding carboxylic acids is 1. The summed E-state index contributed by atoms with van der Waals surface area (Å²) in [6.07, 6.45) is -1.44. The Labute approximate surface area is 128 Å². The third kappa shape index (κ3) is 4.96. The minimum atomic E-state index is -0.811. The number of nitrogens with one attached hydrogen (secondary N) is 2. The van der Waals surface area contributed by atoms with Crippen molar-refractivity contribution in [3.05, 3.63) is 29.8 Å². The van der Waals surface area contributed by atoms with Gasteiger partial charge in [0.1, 0.15) is 0 Å². The largest absolute Gasteiger partial charge is 0.431 e. The van der Waals surface area contributed by atoms with E-state index in [1.54, 1.807) is 0 Å². The molecule has 1 saturated heterocycles. The monoisotopic (exact) mass is 310 g/mol. The average Bonchev–Trinajstić information content (AvgIpc) is 2.43. The Balaban J connectivity index is 1.90. The highest BCUT2D eigenvalue weighted by Crippen LogP contribution is 2.12. The Morgan fingerprint density at radius 2 is 1.95 bits per heavy atom. The van der Waals surface area contributed by atoms with Crippen molar-refractivity contribution in [3.8, 4) is 0 Å². The van der Waals surface area contributed by atoms with Crippen LogP contribution in [-0.2, 0) is 19.0 Å². The van der Waals surface area contributed by atoms with Crippen LogP contribution < -0.4 is 10.6 Å². The van der Waals surface area contributed by atoms with Crippen molar-refractivity contribution < 1.29 is 19.0 Å². The van der Waals surface area contributed by atoms with Crippen LogP contribution >= 0.6 is 12.2 Å². The Morgan fingerprint density at radius 3 is 2.62 bits per heavy atom. The minimum Gasteiger partial charge on any atom is -0.431 e. The second-order valence-corrected chi connectivity index (χ2v) is 5.01. The molecule has 1 aliphatic rings. The van der Waals surface area contributed by atoms with Gasteiger partial charge in [-0.1, -0.05) is 17.7 Å². The molecule has 7 heteroatoms. The van der Waals surface area contributed by atoms with Crippen LogP contribution in [0, 0.1) is 6.92 Å². The van der Waals surface area contributed by atoms with E-state index in [0.717, 1.165) is 5.69 Å². The number of benzene rings is 1. The molecule has 0 unspecified atom stereocenters. The van der Waals surface area contributed by atoms with E-state index in [4.69, 9.17) is 26.4 Å². The summed E-state index contributed by atoms with van der Waals surface area (Å²) in [6, 6.07) is 7.80. The van der Waals surface area contributed by atoms with Gasteiger partial charge in [0.05, 0.1) is 13.2 Å².